The number of carbonyl (C=O) groups is 1. The van der Waals surface area contributed by atoms with Crippen LogP contribution < -0.4 is 5.32 Å². The third-order valence-corrected chi connectivity index (χ3v) is 2.37. The highest BCUT2D eigenvalue weighted by Crippen LogP contribution is 2.15. The van der Waals surface area contributed by atoms with Crippen LogP contribution in [0.4, 0.5) is 5.69 Å². The third kappa shape index (κ3) is 3.99. The molecule has 96 valence electrons. The van der Waals surface area contributed by atoms with Crippen molar-refractivity contribution in [2.45, 2.75) is 19.9 Å². The lowest BCUT2D eigenvalue weighted by molar-refractivity contribution is -0.143. The van der Waals surface area contributed by atoms with Crippen molar-refractivity contribution in [2.24, 2.45) is 5.11 Å². The molecule has 0 saturated carbocycles. The number of ether oxygens (including phenoxy) is 1. The van der Waals surface area contributed by atoms with Crippen LogP contribution in [-0.4, -0.2) is 25.2 Å². The van der Waals surface area contributed by atoms with E-state index in [9.17, 15) is 4.79 Å². The lowest BCUT2D eigenvalue weighted by atomic mass is 10.2. The summed E-state index contributed by atoms with van der Waals surface area (Å²) < 4.78 is 4.93. The minimum atomic E-state index is -0.665. The van der Waals surface area contributed by atoms with Crippen LogP contribution in [0.3, 0.4) is 0 Å². The van der Waals surface area contributed by atoms with Gasteiger partial charge in [-0.2, -0.15) is 0 Å². The maximum Gasteiger partial charge on any atom is 0.328 e. The van der Waals surface area contributed by atoms with Crippen molar-refractivity contribution in [3.05, 3.63) is 40.3 Å². The van der Waals surface area contributed by atoms with Gasteiger partial charge in [0.05, 0.1) is 13.2 Å². The molecule has 18 heavy (non-hydrogen) atoms. The Balaban J connectivity index is 2.80. The van der Waals surface area contributed by atoms with E-state index in [1.165, 1.54) is 0 Å². The van der Waals surface area contributed by atoms with Crippen LogP contribution in [-0.2, 0) is 9.53 Å². The molecule has 1 aromatic rings. The molecule has 0 fully saturated rings. The minimum absolute atomic E-state index is 0.0175. The fraction of sp³-hybridized carbons (Fsp3) is 0.417. The lowest BCUT2D eigenvalue weighted by Gasteiger charge is -2.17. The van der Waals surface area contributed by atoms with Gasteiger partial charge in [0, 0.05) is 10.6 Å². The van der Waals surface area contributed by atoms with E-state index in [1.807, 2.05) is 31.2 Å². The van der Waals surface area contributed by atoms with Crippen molar-refractivity contribution in [1.29, 1.82) is 0 Å². The Morgan fingerprint density at radius 1 is 1.56 bits per heavy atom. The van der Waals surface area contributed by atoms with Gasteiger partial charge in [-0.05, 0) is 31.0 Å². The highest BCUT2D eigenvalue weighted by atomic mass is 16.5. The van der Waals surface area contributed by atoms with Crippen LogP contribution in [0.2, 0.25) is 0 Å². The second kappa shape index (κ2) is 7.19. The van der Waals surface area contributed by atoms with Gasteiger partial charge in [0.25, 0.3) is 0 Å². The molecule has 0 aromatic heterocycles. The van der Waals surface area contributed by atoms with Crippen LogP contribution in [0.15, 0.2) is 29.4 Å². The van der Waals surface area contributed by atoms with E-state index in [1.54, 1.807) is 6.92 Å². The maximum atomic E-state index is 11.7. The Kier molecular flexibility index (Phi) is 5.54. The largest absolute Gasteiger partial charge is 0.464 e. The Bertz CT molecular complexity index is 455. The third-order valence-electron chi connectivity index (χ3n) is 2.37. The standard InChI is InChI=1S/C12H16N4O2/c1-3-18-12(17)11(8-14-16-13)15-10-7-5-4-6-9(10)2/h4-7,11,15H,3,8H2,1-2H3. The van der Waals surface area contributed by atoms with Crippen LogP contribution in [0, 0.1) is 6.92 Å². The Morgan fingerprint density at radius 2 is 2.28 bits per heavy atom. The van der Waals surface area contributed by atoms with Crippen molar-refractivity contribution < 1.29 is 9.53 Å². The monoisotopic (exact) mass is 248 g/mol. The first-order valence-electron chi connectivity index (χ1n) is 5.68. The molecule has 0 saturated heterocycles. The van der Waals surface area contributed by atoms with Gasteiger partial charge in [-0.15, -0.1) is 0 Å². The van der Waals surface area contributed by atoms with E-state index in [4.69, 9.17) is 10.3 Å². The molecule has 0 aliphatic carbocycles. The fourth-order valence-electron chi connectivity index (χ4n) is 1.46. The molecular weight excluding hydrogens is 232 g/mol. The first-order valence-corrected chi connectivity index (χ1v) is 5.68. The number of aryl methyl sites for hydroxylation is 1. The lowest BCUT2D eigenvalue weighted by Crippen LogP contribution is -2.34. The van der Waals surface area contributed by atoms with Gasteiger partial charge in [-0.25, -0.2) is 4.79 Å². The van der Waals surface area contributed by atoms with E-state index < -0.39 is 12.0 Å². The molecule has 1 N–H and O–H groups in total. The number of rotatable bonds is 6. The Hall–Kier alpha value is -2.20. The Labute approximate surface area is 106 Å². The molecule has 0 bridgehead atoms. The van der Waals surface area contributed by atoms with Gasteiger partial charge in [-0.1, -0.05) is 23.3 Å². The van der Waals surface area contributed by atoms with Crippen LogP contribution in [0.5, 0.6) is 0 Å². The quantitative estimate of drug-likeness (QED) is 0.363. The van der Waals surface area contributed by atoms with Gasteiger partial charge in [0.2, 0.25) is 0 Å². The number of benzene rings is 1. The summed E-state index contributed by atoms with van der Waals surface area (Å²) >= 11 is 0. The number of hydrogen-bond donors (Lipinski definition) is 1. The number of hydrogen-bond acceptors (Lipinski definition) is 4. The average molecular weight is 248 g/mol. The number of anilines is 1. The fourth-order valence-corrected chi connectivity index (χ4v) is 1.46. The number of para-hydroxylation sites is 1. The number of azide groups is 1. The summed E-state index contributed by atoms with van der Waals surface area (Å²) in [5, 5.41) is 6.45. The molecule has 6 heteroatoms. The summed E-state index contributed by atoms with van der Waals surface area (Å²) in [4.78, 5) is 14.4. The molecule has 0 spiro atoms. The molecule has 1 atom stereocenters. The van der Waals surface area contributed by atoms with Crippen LogP contribution >= 0.6 is 0 Å². The van der Waals surface area contributed by atoms with Gasteiger partial charge in [0.15, 0.2) is 0 Å². The van der Waals surface area contributed by atoms with Gasteiger partial charge in [-0.3, -0.25) is 0 Å². The number of nitrogens with zero attached hydrogens (tertiary/aromatic N) is 3. The first-order chi connectivity index (χ1) is 8.69. The SMILES string of the molecule is CCOC(=O)C(CN=[N+]=[N-])Nc1ccccc1C. The van der Waals surface area contributed by atoms with Crippen molar-refractivity contribution in [1.82, 2.24) is 0 Å². The summed E-state index contributed by atoms with van der Waals surface area (Å²) in [6.07, 6.45) is 0. The van der Waals surface area contributed by atoms with Crippen LogP contribution in [0.25, 0.3) is 10.4 Å². The summed E-state index contributed by atoms with van der Waals surface area (Å²) in [7, 11) is 0. The molecule has 6 nitrogen and oxygen atoms in total. The van der Waals surface area contributed by atoms with Crippen molar-refractivity contribution in [3.63, 3.8) is 0 Å². The second-order valence-electron chi connectivity index (χ2n) is 3.68. The number of nitrogens with one attached hydrogen (secondary N) is 1. The zero-order chi connectivity index (χ0) is 13.4. The second-order valence-corrected chi connectivity index (χ2v) is 3.68. The molecule has 1 aromatic carbocycles. The van der Waals surface area contributed by atoms with Gasteiger partial charge >= 0.3 is 5.97 Å². The highest BCUT2D eigenvalue weighted by Gasteiger charge is 2.19. The van der Waals surface area contributed by atoms with E-state index in [0.717, 1.165) is 11.3 Å². The van der Waals surface area contributed by atoms with E-state index in [2.05, 4.69) is 15.3 Å². The molecular formula is C12H16N4O2. The van der Waals surface area contributed by atoms with E-state index in [-0.39, 0.29) is 6.54 Å². The summed E-state index contributed by atoms with van der Waals surface area (Å²) in [5.74, 6) is -0.423. The summed E-state index contributed by atoms with van der Waals surface area (Å²) in [6.45, 7) is 3.97. The zero-order valence-electron chi connectivity index (χ0n) is 10.5. The Morgan fingerprint density at radius 3 is 2.89 bits per heavy atom. The summed E-state index contributed by atoms with van der Waals surface area (Å²) in [6, 6.07) is 6.90. The maximum absolute atomic E-state index is 11.7. The smallest absolute Gasteiger partial charge is 0.328 e. The van der Waals surface area contributed by atoms with E-state index in [0.29, 0.717) is 6.61 Å². The molecule has 1 rings (SSSR count). The van der Waals surface area contributed by atoms with Gasteiger partial charge in [0.1, 0.15) is 6.04 Å². The van der Waals surface area contributed by atoms with Crippen molar-refractivity contribution >= 4 is 11.7 Å². The molecule has 0 aliphatic rings. The normalized spacial score (nSPS) is 11.2. The van der Waals surface area contributed by atoms with Crippen LogP contribution in [0.1, 0.15) is 12.5 Å². The first kappa shape index (κ1) is 13.9. The molecule has 1 unspecified atom stereocenters. The van der Waals surface area contributed by atoms with Crippen molar-refractivity contribution in [3.8, 4) is 0 Å². The van der Waals surface area contributed by atoms with E-state index >= 15 is 0 Å². The zero-order valence-corrected chi connectivity index (χ0v) is 10.5. The predicted octanol–water partition coefficient (Wildman–Crippen LogP) is 2.65. The topological polar surface area (TPSA) is 87.1 Å². The predicted molar refractivity (Wildman–Crippen MR) is 69.2 cm³/mol. The van der Waals surface area contributed by atoms with Gasteiger partial charge < -0.3 is 10.1 Å². The summed E-state index contributed by atoms with van der Waals surface area (Å²) in [5.41, 5.74) is 10.2. The highest BCUT2D eigenvalue weighted by molar-refractivity contribution is 5.80. The molecule has 0 amide bonds. The number of esters is 1. The average Bonchev–Trinajstić information content (AvgIpc) is 2.36. The molecule has 0 aliphatic heterocycles. The molecule has 0 heterocycles. The van der Waals surface area contributed by atoms with Crippen molar-refractivity contribution in [2.75, 3.05) is 18.5 Å². The molecule has 0 radical (unpaired) electrons. The number of carbonyl (C=O) groups excluding carboxylic acids is 1. The minimum Gasteiger partial charge on any atom is -0.464 e.